The van der Waals surface area contributed by atoms with Crippen molar-refractivity contribution in [2.45, 2.75) is 13.8 Å². The summed E-state index contributed by atoms with van der Waals surface area (Å²) in [6, 6.07) is 1.93. The normalized spacial score (nSPS) is 10.9. The predicted molar refractivity (Wildman–Crippen MR) is 65.3 cm³/mol. The largest absolute Gasteiger partial charge is 0.293 e. The highest BCUT2D eigenvalue weighted by atomic mass is 79.9. The van der Waals surface area contributed by atoms with Gasteiger partial charge in [0.25, 0.3) is 0 Å². The Balaban J connectivity index is 2.95. The first-order chi connectivity index (χ1) is 7.02. The second-order valence-electron chi connectivity index (χ2n) is 3.28. The lowest BCUT2D eigenvalue weighted by Gasteiger charge is -2.06. The van der Waals surface area contributed by atoms with Gasteiger partial charge in [-0.1, -0.05) is 0 Å². The van der Waals surface area contributed by atoms with Gasteiger partial charge in [0.15, 0.2) is 11.4 Å². The van der Waals surface area contributed by atoms with Gasteiger partial charge in [-0.25, -0.2) is 4.98 Å². The molecule has 0 aliphatic rings. The van der Waals surface area contributed by atoms with E-state index in [1.165, 1.54) is 6.92 Å². The summed E-state index contributed by atoms with van der Waals surface area (Å²) in [6.07, 6.45) is 1.60. The molecule has 3 nitrogen and oxygen atoms in total. The predicted octanol–water partition coefficient (Wildman–Crippen LogP) is 3.37. The van der Waals surface area contributed by atoms with Crippen LogP contribution in [-0.4, -0.2) is 15.2 Å². The molecule has 0 spiro atoms. The van der Waals surface area contributed by atoms with E-state index in [2.05, 4.69) is 36.8 Å². The Bertz CT molecular complexity index is 560. The second kappa shape index (κ2) is 3.72. The van der Waals surface area contributed by atoms with E-state index < -0.39 is 0 Å². The average Bonchev–Trinajstić information content (AvgIpc) is 2.58. The number of ketones is 1. The summed E-state index contributed by atoms with van der Waals surface area (Å²) in [7, 11) is 0. The van der Waals surface area contributed by atoms with E-state index in [-0.39, 0.29) is 5.78 Å². The van der Waals surface area contributed by atoms with E-state index in [0.29, 0.717) is 5.69 Å². The number of aromatic nitrogens is 2. The topological polar surface area (TPSA) is 34.4 Å². The number of carbonyl (C=O) groups is 1. The van der Waals surface area contributed by atoms with Crippen molar-refractivity contribution in [1.29, 1.82) is 0 Å². The Labute approximate surface area is 104 Å². The van der Waals surface area contributed by atoms with Crippen molar-refractivity contribution in [2.75, 3.05) is 0 Å². The molecule has 0 saturated carbocycles. The van der Waals surface area contributed by atoms with Crippen molar-refractivity contribution in [1.82, 2.24) is 9.38 Å². The van der Waals surface area contributed by atoms with Gasteiger partial charge in [0.1, 0.15) is 5.69 Å². The number of nitrogens with zero attached hydrogens (tertiary/aromatic N) is 2. The molecule has 0 N–H and O–H groups in total. The van der Waals surface area contributed by atoms with Gasteiger partial charge in [0.2, 0.25) is 0 Å². The zero-order valence-corrected chi connectivity index (χ0v) is 11.4. The van der Waals surface area contributed by atoms with Gasteiger partial charge < -0.3 is 0 Å². The van der Waals surface area contributed by atoms with Crippen LogP contribution < -0.4 is 0 Å². The molecule has 0 bridgehead atoms. The van der Waals surface area contributed by atoms with Crippen molar-refractivity contribution >= 4 is 43.3 Å². The van der Waals surface area contributed by atoms with E-state index >= 15 is 0 Å². The molecule has 0 atom stereocenters. The minimum atomic E-state index is 0.00981. The van der Waals surface area contributed by atoms with Crippen LogP contribution in [0.4, 0.5) is 0 Å². The molecule has 0 aliphatic carbocycles. The zero-order valence-electron chi connectivity index (χ0n) is 8.21. The zero-order chi connectivity index (χ0) is 11.2. The van der Waals surface area contributed by atoms with Crippen LogP contribution in [0.3, 0.4) is 0 Å². The third-order valence-corrected chi connectivity index (χ3v) is 3.66. The van der Waals surface area contributed by atoms with Gasteiger partial charge in [-0.05, 0) is 44.8 Å². The number of halogens is 2. The molecule has 0 aliphatic heterocycles. The van der Waals surface area contributed by atoms with Gasteiger partial charge in [-0.2, -0.15) is 0 Å². The van der Waals surface area contributed by atoms with Crippen LogP contribution in [0.1, 0.15) is 23.1 Å². The number of Topliss-reactive ketones (excluding diaryl/α,β-unsaturated/α-hetero) is 1. The summed E-state index contributed by atoms with van der Waals surface area (Å²) in [4.78, 5) is 15.6. The first kappa shape index (κ1) is 10.8. The quantitative estimate of drug-likeness (QED) is 0.751. The molecule has 2 aromatic heterocycles. The van der Waals surface area contributed by atoms with Gasteiger partial charge in [-0.3, -0.25) is 9.20 Å². The van der Waals surface area contributed by atoms with Crippen LogP contribution in [0.25, 0.3) is 5.65 Å². The first-order valence-electron chi connectivity index (χ1n) is 4.35. The Morgan fingerprint density at radius 3 is 2.67 bits per heavy atom. The molecule has 0 unspecified atom stereocenters. The van der Waals surface area contributed by atoms with E-state index in [0.717, 1.165) is 20.3 Å². The summed E-state index contributed by atoms with van der Waals surface area (Å²) < 4.78 is 3.66. The van der Waals surface area contributed by atoms with Crippen LogP contribution in [0.5, 0.6) is 0 Å². The number of carbonyl (C=O) groups excluding carboxylic acids is 1. The van der Waals surface area contributed by atoms with Crippen LogP contribution in [0.15, 0.2) is 21.2 Å². The fourth-order valence-corrected chi connectivity index (χ4v) is 2.72. The molecular formula is C10H8Br2N2O. The van der Waals surface area contributed by atoms with Crippen LogP contribution >= 0.6 is 31.9 Å². The molecule has 0 fully saturated rings. The molecule has 2 aromatic rings. The van der Waals surface area contributed by atoms with Crippen LogP contribution in [-0.2, 0) is 0 Å². The number of imidazole rings is 1. The molecule has 0 radical (unpaired) electrons. The fraction of sp³-hybridized carbons (Fsp3) is 0.200. The van der Waals surface area contributed by atoms with Crippen molar-refractivity contribution < 1.29 is 4.79 Å². The number of hydrogen-bond donors (Lipinski definition) is 0. The second-order valence-corrected chi connectivity index (χ2v) is 4.99. The van der Waals surface area contributed by atoms with Crippen LogP contribution in [0, 0.1) is 6.92 Å². The lowest BCUT2D eigenvalue weighted by atomic mass is 10.3. The number of aryl methyl sites for hydroxylation is 1. The first-order valence-corrected chi connectivity index (χ1v) is 5.94. The Hall–Kier alpha value is -0.680. The molecule has 5 heteroatoms. The fourth-order valence-electron chi connectivity index (χ4n) is 1.50. The van der Waals surface area contributed by atoms with Crippen molar-refractivity contribution in [2.24, 2.45) is 0 Å². The third kappa shape index (κ3) is 1.63. The summed E-state index contributed by atoms with van der Waals surface area (Å²) >= 11 is 6.86. The number of hydrogen-bond acceptors (Lipinski definition) is 2. The van der Waals surface area contributed by atoms with E-state index in [4.69, 9.17) is 0 Å². The van der Waals surface area contributed by atoms with E-state index in [1.54, 1.807) is 6.20 Å². The summed E-state index contributed by atoms with van der Waals surface area (Å²) in [5.74, 6) is 0.00981. The Morgan fingerprint density at radius 2 is 2.07 bits per heavy atom. The lowest BCUT2D eigenvalue weighted by Crippen LogP contribution is -2.02. The maximum Gasteiger partial charge on any atom is 0.178 e. The average molecular weight is 332 g/mol. The molecule has 0 amide bonds. The maximum absolute atomic E-state index is 11.4. The summed E-state index contributed by atoms with van der Waals surface area (Å²) in [5, 5.41) is 0. The molecular weight excluding hydrogens is 324 g/mol. The molecule has 78 valence electrons. The molecule has 15 heavy (non-hydrogen) atoms. The highest BCUT2D eigenvalue weighted by Crippen LogP contribution is 2.26. The highest BCUT2D eigenvalue weighted by Gasteiger charge is 2.13. The molecule has 2 rings (SSSR count). The van der Waals surface area contributed by atoms with Crippen molar-refractivity contribution in [3.63, 3.8) is 0 Å². The maximum atomic E-state index is 11.4. The number of fused-ring (bicyclic) bond motifs is 1. The minimum absolute atomic E-state index is 0.00981. The SMILES string of the molecule is CC(=O)c1cnc2c(Br)cc(Br)c(C)n12. The standard InChI is InChI=1S/C10H8Br2N2O/c1-5-7(11)3-8(12)10-13-4-9(6(2)15)14(5)10/h3-4H,1-2H3. The molecule has 2 heterocycles. The summed E-state index contributed by atoms with van der Waals surface area (Å²) in [6.45, 7) is 3.48. The number of pyridine rings is 1. The highest BCUT2D eigenvalue weighted by molar-refractivity contribution is 9.11. The van der Waals surface area contributed by atoms with Crippen LogP contribution in [0.2, 0.25) is 0 Å². The van der Waals surface area contributed by atoms with Gasteiger partial charge >= 0.3 is 0 Å². The molecule has 0 aromatic carbocycles. The van der Waals surface area contributed by atoms with E-state index in [9.17, 15) is 4.79 Å². The number of rotatable bonds is 1. The van der Waals surface area contributed by atoms with E-state index in [1.807, 2.05) is 17.4 Å². The molecule has 0 saturated heterocycles. The Morgan fingerprint density at radius 1 is 1.40 bits per heavy atom. The van der Waals surface area contributed by atoms with Crippen molar-refractivity contribution in [3.05, 3.63) is 32.6 Å². The van der Waals surface area contributed by atoms with Crippen molar-refractivity contribution in [3.8, 4) is 0 Å². The van der Waals surface area contributed by atoms with Gasteiger partial charge in [0, 0.05) is 17.1 Å². The van der Waals surface area contributed by atoms with Gasteiger partial charge in [-0.15, -0.1) is 0 Å². The minimum Gasteiger partial charge on any atom is -0.293 e. The Kier molecular flexibility index (Phi) is 2.68. The van der Waals surface area contributed by atoms with Gasteiger partial charge in [0.05, 0.1) is 10.7 Å². The third-order valence-electron chi connectivity index (χ3n) is 2.27. The lowest BCUT2D eigenvalue weighted by molar-refractivity contribution is 0.101. The summed E-state index contributed by atoms with van der Waals surface area (Å²) in [5.41, 5.74) is 2.33. The monoisotopic (exact) mass is 330 g/mol. The smallest absolute Gasteiger partial charge is 0.178 e.